The first-order valence-corrected chi connectivity index (χ1v) is 8.05. The van der Waals surface area contributed by atoms with E-state index in [2.05, 4.69) is 0 Å². The van der Waals surface area contributed by atoms with Crippen LogP contribution in [0.2, 0.25) is 0 Å². The van der Waals surface area contributed by atoms with Crippen LogP contribution in [0, 0.1) is 39.2 Å². The largest absolute Gasteiger partial charge is 0.460 e. The summed E-state index contributed by atoms with van der Waals surface area (Å²) in [5.74, 6) is 1.83. The Hall–Kier alpha value is -1.13. The van der Waals surface area contributed by atoms with Crippen molar-refractivity contribution in [3.8, 4) is 0 Å². The Labute approximate surface area is 125 Å². The summed E-state index contributed by atoms with van der Waals surface area (Å²) in [6, 6.07) is 0. The summed E-state index contributed by atoms with van der Waals surface area (Å²) in [6.07, 6.45) is 4.78. The lowest BCUT2D eigenvalue weighted by atomic mass is 9.45. The molecule has 0 spiro atoms. The molecule has 5 nitrogen and oxygen atoms in total. The Kier molecular flexibility index (Phi) is 3.30. The van der Waals surface area contributed by atoms with Crippen LogP contribution in [0.3, 0.4) is 0 Å². The lowest BCUT2D eigenvalue weighted by Gasteiger charge is -2.57. The summed E-state index contributed by atoms with van der Waals surface area (Å²) in [4.78, 5) is 23.2. The molecular formula is C16H25NO4. The number of carbonyl (C=O) groups excluding carboxylic acids is 1. The van der Waals surface area contributed by atoms with Gasteiger partial charge in [0.25, 0.3) is 0 Å². The van der Waals surface area contributed by atoms with E-state index >= 15 is 0 Å². The molecule has 0 aromatic rings. The SMILES string of the molecule is CC(C)(C)OC(=O)CC1(C[N+](=O)[O-])C2CC[C@H]3C[C@@H]2[C@@H]1C3. The first-order chi connectivity index (χ1) is 9.71. The third-order valence-electron chi connectivity index (χ3n) is 5.91. The van der Waals surface area contributed by atoms with E-state index < -0.39 is 11.0 Å². The van der Waals surface area contributed by atoms with Gasteiger partial charge in [-0.25, -0.2) is 0 Å². The van der Waals surface area contributed by atoms with Crippen LogP contribution in [-0.2, 0) is 9.53 Å². The third-order valence-corrected chi connectivity index (χ3v) is 5.91. The molecule has 3 aliphatic rings. The van der Waals surface area contributed by atoms with E-state index in [1.807, 2.05) is 20.8 Å². The van der Waals surface area contributed by atoms with Gasteiger partial charge in [-0.05, 0) is 63.7 Å². The number of fused-ring (bicyclic) bond motifs is 1. The minimum Gasteiger partial charge on any atom is -0.460 e. The molecule has 0 amide bonds. The average molecular weight is 295 g/mol. The van der Waals surface area contributed by atoms with Crippen molar-refractivity contribution >= 4 is 5.97 Å². The Morgan fingerprint density at radius 1 is 1.29 bits per heavy atom. The van der Waals surface area contributed by atoms with Crippen molar-refractivity contribution in [1.29, 1.82) is 0 Å². The van der Waals surface area contributed by atoms with Crippen LogP contribution in [0.4, 0.5) is 0 Å². The number of rotatable bonds is 4. The maximum atomic E-state index is 12.3. The zero-order chi connectivity index (χ0) is 15.4. The predicted molar refractivity (Wildman–Crippen MR) is 77.2 cm³/mol. The van der Waals surface area contributed by atoms with Crippen LogP contribution >= 0.6 is 0 Å². The van der Waals surface area contributed by atoms with Gasteiger partial charge in [0.15, 0.2) is 0 Å². The van der Waals surface area contributed by atoms with Gasteiger partial charge in [-0.3, -0.25) is 14.9 Å². The first kappa shape index (κ1) is 14.8. The molecule has 0 aliphatic heterocycles. The summed E-state index contributed by atoms with van der Waals surface area (Å²) < 4.78 is 5.44. The smallest absolute Gasteiger partial charge is 0.307 e. The van der Waals surface area contributed by atoms with Crippen LogP contribution in [0.5, 0.6) is 0 Å². The van der Waals surface area contributed by atoms with Crippen LogP contribution < -0.4 is 0 Å². The van der Waals surface area contributed by atoms with Crippen molar-refractivity contribution in [2.24, 2.45) is 29.1 Å². The van der Waals surface area contributed by atoms with Gasteiger partial charge >= 0.3 is 5.97 Å². The number of hydrogen-bond donors (Lipinski definition) is 0. The lowest BCUT2D eigenvalue weighted by molar-refractivity contribution is -0.512. The van der Waals surface area contributed by atoms with E-state index in [0.29, 0.717) is 17.8 Å². The molecule has 3 aliphatic carbocycles. The van der Waals surface area contributed by atoms with Crippen molar-refractivity contribution in [1.82, 2.24) is 0 Å². The molecule has 21 heavy (non-hydrogen) atoms. The summed E-state index contributed by atoms with van der Waals surface area (Å²) in [5, 5.41) is 11.2. The molecule has 5 heteroatoms. The van der Waals surface area contributed by atoms with Crippen molar-refractivity contribution in [3.05, 3.63) is 10.1 Å². The molecule has 0 aromatic heterocycles. The quantitative estimate of drug-likeness (QED) is 0.454. The highest BCUT2D eigenvalue weighted by Crippen LogP contribution is 2.70. The molecule has 0 N–H and O–H groups in total. The first-order valence-electron chi connectivity index (χ1n) is 8.05. The monoisotopic (exact) mass is 295 g/mol. The Bertz CT molecular complexity index is 461. The fourth-order valence-electron chi connectivity index (χ4n) is 5.46. The second-order valence-electron chi connectivity index (χ2n) is 8.28. The standard InChI is InChI=1S/C16H25NO4/c1-15(2,3)21-14(18)8-16(9-17(19)20)12-5-4-10-6-11(12)13(16)7-10/h10-13H,4-9H2,1-3H3/t10-,11-,12?,13-,16?/m0/s1. The van der Waals surface area contributed by atoms with E-state index in [4.69, 9.17) is 4.74 Å². The minimum atomic E-state index is -0.524. The van der Waals surface area contributed by atoms with E-state index in [-0.39, 0.29) is 23.9 Å². The van der Waals surface area contributed by atoms with E-state index in [1.54, 1.807) is 0 Å². The topological polar surface area (TPSA) is 69.4 Å². The highest BCUT2D eigenvalue weighted by Gasteiger charge is 2.69. The van der Waals surface area contributed by atoms with E-state index in [1.165, 1.54) is 12.8 Å². The molecule has 0 heterocycles. The van der Waals surface area contributed by atoms with Crippen molar-refractivity contribution in [2.45, 2.75) is 58.5 Å². The van der Waals surface area contributed by atoms with Gasteiger partial charge in [-0.2, -0.15) is 0 Å². The van der Waals surface area contributed by atoms with E-state index in [9.17, 15) is 14.9 Å². The highest BCUT2D eigenvalue weighted by atomic mass is 16.6. The molecular weight excluding hydrogens is 270 g/mol. The zero-order valence-electron chi connectivity index (χ0n) is 13.1. The van der Waals surface area contributed by atoms with Crippen LogP contribution in [-0.4, -0.2) is 23.0 Å². The summed E-state index contributed by atoms with van der Waals surface area (Å²) in [5.41, 5.74) is -0.953. The molecule has 0 radical (unpaired) electrons. The molecule has 118 valence electrons. The number of nitro groups is 1. The number of ether oxygens (including phenoxy) is 1. The van der Waals surface area contributed by atoms with Gasteiger partial charge in [0.05, 0.1) is 11.8 Å². The maximum Gasteiger partial charge on any atom is 0.307 e. The Balaban J connectivity index is 1.79. The van der Waals surface area contributed by atoms with Gasteiger partial charge in [0.1, 0.15) is 5.60 Å². The van der Waals surface area contributed by atoms with Crippen LogP contribution in [0.1, 0.15) is 52.9 Å². The summed E-state index contributed by atoms with van der Waals surface area (Å²) in [6.45, 7) is 5.46. The van der Waals surface area contributed by atoms with Gasteiger partial charge in [-0.15, -0.1) is 0 Å². The molecule has 0 saturated heterocycles. The number of hydrogen-bond acceptors (Lipinski definition) is 4. The normalized spacial score (nSPS) is 40.5. The van der Waals surface area contributed by atoms with Gasteiger partial charge < -0.3 is 4.74 Å². The second-order valence-corrected chi connectivity index (χ2v) is 8.28. The molecule has 2 unspecified atom stereocenters. The Morgan fingerprint density at radius 3 is 2.62 bits per heavy atom. The fourth-order valence-corrected chi connectivity index (χ4v) is 5.46. The molecule has 3 saturated carbocycles. The summed E-state index contributed by atoms with van der Waals surface area (Å²) >= 11 is 0. The number of nitrogens with zero attached hydrogens (tertiary/aromatic N) is 1. The molecule has 3 rings (SSSR count). The predicted octanol–water partition coefficient (Wildman–Crippen LogP) is 3.05. The van der Waals surface area contributed by atoms with Crippen molar-refractivity contribution < 1.29 is 14.5 Å². The molecule has 5 atom stereocenters. The highest BCUT2D eigenvalue weighted by molar-refractivity contribution is 5.71. The fraction of sp³-hybridized carbons (Fsp3) is 0.938. The summed E-state index contributed by atoms with van der Waals surface area (Å²) in [7, 11) is 0. The van der Waals surface area contributed by atoms with Gasteiger partial charge in [0, 0.05) is 4.92 Å². The van der Waals surface area contributed by atoms with Gasteiger partial charge in [0.2, 0.25) is 6.54 Å². The van der Waals surface area contributed by atoms with Crippen molar-refractivity contribution in [3.63, 3.8) is 0 Å². The zero-order valence-corrected chi connectivity index (χ0v) is 13.1. The average Bonchev–Trinajstić information content (AvgIpc) is 2.50. The number of esters is 1. The second kappa shape index (κ2) is 4.68. The van der Waals surface area contributed by atoms with Crippen LogP contribution in [0.15, 0.2) is 0 Å². The third kappa shape index (κ3) is 2.44. The maximum absolute atomic E-state index is 12.3. The number of carbonyl (C=O) groups is 1. The molecule has 2 bridgehead atoms. The van der Waals surface area contributed by atoms with Crippen LogP contribution in [0.25, 0.3) is 0 Å². The van der Waals surface area contributed by atoms with Gasteiger partial charge in [-0.1, -0.05) is 6.42 Å². The van der Waals surface area contributed by atoms with Crippen molar-refractivity contribution in [2.75, 3.05) is 6.54 Å². The van der Waals surface area contributed by atoms with E-state index in [0.717, 1.165) is 18.8 Å². The minimum absolute atomic E-state index is 0.0647. The molecule has 0 aromatic carbocycles. The lowest BCUT2D eigenvalue weighted by Crippen LogP contribution is -2.59. The molecule has 3 fully saturated rings. The Morgan fingerprint density at radius 2 is 2.00 bits per heavy atom.